The molecule has 0 aromatic heterocycles. The first-order chi connectivity index (χ1) is 7.63. The largest absolute Gasteiger partial charge is 0.274 e. The molecule has 16 heavy (non-hydrogen) atoms. The Morgan fingerprint density at radius 2 is 1.88 bits per heavy atom. The molecule has 0 bridgehead atoms. The lowest BCUT2D eigenvalue weighted by Gasteiger charge is -2.23. The Hall–Kier alpha value is -0.830. The molecular weight excluding hydrogens is 200 g/mol. The molecule has 1 amide bonds. The van der Waals surface area contributed by atoms with Crippen LogP contribution in [-0.2, 0) is 4.79 Å². The molecule has 0 aliphatic carbocycles. The number of hydrogen-bond donors (Lipinski definition) is 1. The van der Waals surface area contributed by atoms with Crippen molar-refractivity contribution >= 4 is 5.91 Å². The summed E-state index contributed by atoms with van der Waals surface area (Å²) in [6.45, 7) is 11.3. The van der Waals surface area contributed by atoms with Crippen LogP contribution >= 0.6 is 0 Å². The van der Waals surface area contributed by atoms with Gasteiger partial charge in [-0.15, -0.1) is 0 Å². The number of nitrogens with one attached hydrogen (secondary N) is 1. The third-order valence-electron chi connectivity index (χ3n) is 2.39. The molecule has 0 aliphatic heterocycles. The molecule has 0 radical (unpaired) electrons. The summed E-state index contributed by atoms with van der Waals surface area (Å²) in [5.41, 5.74) is 3.78. The number of carbonyl (C=O) groups excluding carboxylic acids is 1. The molecule has 3 nitrogen and oxygen atoms in total. The first-order valence-electron chi connectivity index (χ1n) is 6.34. The van der Waals surface area contributed by atoms with Crippen molar-refractivity contribution in [3.8, 4) is 0 Å². The van der Waals surface area contributed by atoms with Gasteiger partial charge in [-0.3, -0.25) is 9.80 Å². The molecule has 0 atom stereocenters. The van der Waals surface area contributed by atoms with Gasteiger partial charge in [0.25, 0.3) is 5.91 Å². The summed E-state index contributed by atoms with van der Waals surface area (Å²) in [6, 6.07) is 0. The summed E-state index contributed by atoms with van der Waals surface area (Å²) in [6.07, 6.45) is 5.82. The van der Waals surface area contributed by atoms with Crippen LogP contribution in [-0.4, -0.2) is 24.0 Å². The molecule has 3 heteroatoms. The van der Waals surface area contributed by atoms with Gasteiger partial charge in [-0.25, -0.2) is 5.43 Å². The van der Waals surface area contributed by atoms with Gasteiger partial charge < -0.3 is 0 Å². The minimum absolute atomic E-state index is 0.0114. The summed E-state index contributed by atoms with van der Waals surface area (Å²) in [5.74, 6) is 0.0114. The van der Waals surface area contributed by atoms with Gasteiger partial charge in [-0.2, -0.15) is 0 Å². The molecule has 0 saturated heterocycles. The predicted octanol–water partition coefficient (Wildman–Crippen LogP) is 2.89. The monoisotopic (exact) mass is 226 g/mol. The molecule has 0 saturated carbocycles. The number of rotatable bonds is 9. The second-order valence-corrected chi connectivity index (χ2v) is 4.21. The highest BCUT2D eigenvalue weighted by Crippen LogP contribution is 2.00. The normalized spacial score (nSPS) is 10.2. The number of carbonyl (C=O) groups is 1. The van der Waals surface area contributed by atoms with Crippen LogP contribution in [0.2, 0.25) is 0 Å². The Labute approximate surface area is 99.9 Å². The van der Waals surface area contributed by atoms with E-state index in [9.17, 15) is 4.79 Å². The highest BCUT2D eigenvalue weighted by atomic mass is 16.2. The van der Waals surface area contributed by atoms with Crippen LogP contribution in [0.4, 0.5) is 0 Å². The fourth-order valence-electron chi connectivity index (χ4n) is 1.47. The highest BCUT2D eigenvalue weighted by molar-refractivity contribution is 5.91. The molecule has 0 aliphatic rings. The molecule has 0 aromatic carbocycles. The lowest BCUT2D eigenvalue weighted by atomic mass is 10.2. The van der Waals surface area contributed by atoms with Crippen molar-refractivity contribution in [3.05, 3.63) is 12.2 Å². The zero-order valence-electron chi connectivity index (χ0n) is 11.0. The third kappa shape index (κ3) is 6.62. The van der Waals surface area contributed by atoms with Crippen LogP contribution in [0, 0.1) is 0 Å². The van der Waals surface area contributed by atoms with E-state index in [1.165, 1.54) is 19.3 Å². The van der Waals surface area contributed by atoms with Crippen LogP contribution in [0.25, 0.3) is 0 Å². The van der Waals surface area contributed by atoms with E-state index in [0.29, 0.717) is 5.57 Å². The van der Waals surface area contributed by atoms with E-state index in [2.05, 4.69) is 25.9 Å². The second-order valence-electron chi connectivity index (χ2n) is 4.21. The molecule has 1 N–H and O–H groups in total. The molecule has 0 heterocycles. The summed E-state index contributed by atoms with van der Waals surface area (Å²) in [5, 5.41) is 1.69. The average Bonchev–Trinajstić information content (AvgIpc) is 2.26. The van der Waals surface area contributed by atoms with E-state index in [4.69, 9.17) is 0 Å². The number of amides is 1. The number of hydrazine groups is 1. The first-order valence-corrected chi connectivity index (χ1v) is 6.34. The molecule has 0 aromatic rings. The number of hydrogen-bond acceptors (Lipinski definition) is 2. The molecular formula is C13H26N2O. The van der Waals surface area contributed by atoms with Crippen LogP contribution in [0.5, 0.6) is 0 Å². The Kier molecular flexibility index (Phi) is 8.91. The van der Waals surface area contributed by atoms with E-state index in [-0.39, 0.29) is 5.91 Å². The SMILES string of the molecule is C=C(C)C(=O)N(CCC)NCCCCCC. The summed E-state index contributed by atoms with van der Waals surface area (Å²) in [4.78, 5) is 11.7. The zero-order chi connectivity index (χ0) is 12.4. The topological polar surface area (TPSA) is 32.3 Å². The minimum Gasteiger partial charge on any atom is -0.274 e. The lowest BCUT2D eigenvalue weighted by Crippen LogP contribution is -2.44. The van der Waals surface area contributed by atoms with E-state index in [0.717, 1.165) is 25.9 Å². The zero-order valence-corrected chi connectivity index (χ0v) is 11.0. The molecule has 94 valence electrons. The molecule has 0 rings (SSSR count). The predicted molar refractivity (Wildman–Crippen MR) is 69.0 cm³/mol. The maximum Gasteiger partial charge on any atom is 0.262 e. The standard InChI is InChI=1S/C13H26N2O/c1-5-7-8-9-10-14-15(11-6-2)13(16)12(3)4/h14H,3,5-11H2,1-2,4H3. The lowest BCUT2D eigenvalue weighted by molar-refractivity contribution is -0.130. The Morgan fingerprint density at radius 1 is 1.19 bits per heavy atom. The van der Waals surface area contributed by atoms with Crippen LogP contribution < -0.4 is 5.43 Å². The summed E-state index contributed by atoms with van der Waals surface area (Å²) >= 11 is 0. The Bertz CT molecular complexity index is 214. The Morgan fingerprint density at radius 3 is 2.38 bits per heavy atom. The number of unbranched alkanes of at least 4 members (excludes halogenated alkanes) is 3. The van der Waals surface area contributed by atoms with Crippen molar-refractivity contribution in [2.45, 2.75) is 52.9 Å². The third-order valence-corrected chi connectivity index (χ3v) is 2.39. The summed E-state index contributed by atoms with van der Waals surface area (Å²) < 4.78 is 0. The fourth-order valence-corrected chi connectivity index (χ4v) is 1.47. The molecule has 0 unspecified atom stereocenters. The van der Waals surface area contributed by atoms with Crippen molar-refractivity contribution in [2.24, 2.45) is 0 Å². The maximum atomic E-state index is 11.7. The molecule has 0 fully saturated rings. The first kappa shape index (κ1) is 15.2. The van der Waals surface area contributed by atoms with Gasteiger partial charge in [0.05, 0.1) is 0 Å². The van der Waals surface area contributed by atoms with Gasteiger partial charge in [0, 0.05) is 18.7 Å². The van der Waals surface area contributed by atoms with E-state index < -0.39 is 0 Å². The van der Waals surface area contributed by atoms with Gasteiger partial charge >= 0.3 is 0 Å². The fraction of sp³-hybridized carbons (Fsp3) is 0.769. The van der Waals surface area contributed by atoms with Crippen molar-refractivity contribution < 1.29 is 4.79 Å². The van der Waals surface area contributed by atoms with Gasteiger partial charge in [0.15, 0.2) is 0 Å². The van der Waals surface area contributed by atoms with Crippen LogP contribution in [0.3, 0.4) is 0 Å². The van der Waals surface area contributed by atoms with Crippen molar-refractivity contribution in [3.63, 3.8) is 0 Å². The van der Waals surface area contributed by atoms with Crippen molar-refractivity contribution in [2.75, 3.05) is 13.1 Å². The van der Waals surface area contributed by atoms with E-state index in [1.807, 2.05) is 0 Å². The van der Waals surface area contributed by atoms with Gasteiger partial charge in [-0.05, 0) is 19.8 Å². The van der Waals surface area contributed by atoms with Crippen molar-refractivity contribution in [1.29, 1.82) is 0 Å². The smallest absolute Gasteiger partial charge is 0.262 e. The van der Waals surface area contributed by atoms with Crippen LogP contribution in [0.1, 0.15) is 52.9 Å². The maximum absolute atomic E-state index is 11.7. The van der Waals surface area contributed by atoms with Crippen molar-refractivity contribution in [1.82, 2.24) is 10.4 Å². The van der Waals surface area contributed by atoms with E-state index >= 15 is 0 Å². The highest BCUT2D eigenvalue weighted by Gasteiger charge is 2.11. The Balaban J connectivity index is 3.85. The van der Waals surface area contributed by atoms with Gasteiger partial charge in [0.1, 0.15) is 0 Å². The quantitative estimate of drug-likeness (QED) is 0.372. The van der Waals surface area contributed by atoms with Gasteiger partial charge in [0.2, 0.25) is 0 Å². The average molecular weight is 226 g/mol. The van der Waals surface area contributed by atoms with Crippen LogP contribution in [0.15, 0.2) is 12.2 Å². The van der Waals surface area contributed by atoms with E-state index in [1.54, 1.807) is 11.9 Å². The summed E-state index contributed by atoms with van der Waals surface area (Å²) in [7, 11) is 0. The minimum atomic E-state index is 0.0114. The molecule has 0 spiro atoms. The van der Waals surface area contributed by atoms with Gasteiger partial charge in [-0.1, -0.05) is 39.7 Å². The number of nitrogens with zero attached hydrogens (tertiary/aromatic N) is 1. The second kappa shape index (κ2) is 9.40.